The Labute approximate surface area is 65.5 Å². The van der Waals surface area contributed by atoms with Gasteiger partial charge in [0.2, 0.25) is 0 Å². The first-order chi connectivity index (χ1) is 4.33. The zero-order valence-electron chi connectivity index (χ0n) is 5.73. The second-order valence-corrected chi connectivity index (χ2v) is 3.23. The number of allylic oxidation sites excluding steroid dienone is 2. The molecule has 1 aliphatic carbocycles. The SMILES string of the molecule is C[C@@H]1CC=C([CH-]Br)CC1. The Morgan fingerprint density at radius 3 is 3.00 bits per heavy atom. The smallest absolute Gasteiger partial charge is 0.0506 e. The van der Waals surface area contributed by atoms with E-state index in [0.717, 1.165) is 5.92 Å². The summed E-state index contributed by atoms with van der Waals surface area (Å²) >= 11 is 3.34. The van der Waals surface area contributed by atoms with Crippen molar-refractivity contribution in [3.8, 4) is 0 Å². The molecule has 1 atom stereocenters. The average molecular weight is 188 g/mol. The standard InChI is InChI=1S/C8H12Br/c1-7-2-4-8(6-9)5-3-7/h4,6-7H,2-3,5H2,1H3/q-1/t7-/m1/s1. The molecule has 0 heterocycles. The maximum atomic E-state index is 3.34. The molecule has 0 unspecified atom stereocenters. The van der Waals surface area contributed by atoms with Gasteiger partial charge in [-0.1, -0.05) is 32.1 Å². The maximum absolute atomic E-state index is 3.34. The van der Waals surface area contributed by atoms with E-state index in [4.69, 9.17) is 0 Å². The molecule has 0 nitrogen and oxygen atoms in total. The fourth-order valence-electron chi connectivity index (χ4n) is 1.08. The zero-order valence-corrected chi connectivity index (χ0v) is 7.32. The number of hydrogen-bond donors (Lipinski definition) is 0. The third-order valence-electron chi connectivity index (χ3n) is 1.85. The van der Waals surface area contributed by atoms with Gasteiger partial charge in [0, 0.05) is 0 Å². The first kappa shape index (κ1) is 7.20. The summed E-state index contributed by atoms with van der Waals surface area (Å²) in [5.74, 6) is 0.904. The van der Waals surface area contributed by atoms with E-state index < -0.39 is 0 Å². The van der Waals surface area contributed by atoms with E-state index in [1.165, 1.54) is 24.8 Å². The second kappa shape index (κ2) is 3.31. The molecule has 0 N–H and O–H groups in total. The average Bonchev–Trinajstić information content (AvgIpc) is 1.90. The molecule has 0 amide bonds. The van der Waals surface area contributed by atoms with Crippen molar-refractivity contribution in [2.75, 3.05) is 0 Å². The van der Waals surface area contributed by atoms with Gasteiger partial charge in [-0.2, -0.15) is 21.3 Å². The van der Waals surface area contributed by atoms with Gasteiger partial charge in [-0.25, -0.2) is 11.6 Å². The van der Waals surface area contributed by atoms with Gasteiger partial charge in [-0.05, 0) is 0 Å². The summed E-state index contributed by atoms with van der Waals surface area (Å²) in [4.78, 5) is 0. The van der Waals surface area contributed by atoms with Gasteiger partial charge in [0.25, 0.3) is 0 Å². The highest BCUT2D eigenvalue weighted by atomic mass is 79.9. The molecule has 1 rings (SSSR count). The van der Waals surface area contributed by atoms with Gasteiger partial charge < -0.3 is 0 Å². The van der Waals surface area contributed by atoms with Crippen molar-refractivity contribution >= 4 is 15.9 Å². The van der Waals surface area contributed by atoms with Crippen molar-refractivity contribution in [1.82, 2.24) is 0 Å². The van der Waals surface area contributed by atoms with Crippen LogP contribution >= 0.6 is 15.9 Å². The summed E-state index contributed by atoms with van der Waals surface area (Å²) in [5, 5.41) is 2.04. The van der Waals surface area contributed by atoms with Crippen molar-refractivity contribution in [2.45, 2.75) is 26.2 Å². The van der Waals surface area contributed by atoms with Crippen molar-refractivity contribution in [3.63, 3.8) is 0 Å². The lowest BCUT2D eigenvalue weighted by Gasteiger charge is -2.22. The summed E-state index contributed by atoms with van der Waals surface area (Å²) < 4.78 is 0. The molecule has 0 saturated carbocycles. The molecule has 0 radical (unpaired) electrons. The van der Waals surface area contributed by atoms with Crippen molar-refractivity contribution in [2.24, 2.45) is 5.92 Å². The molecule has 52 valence electrons. The largest absolute Gasteiger partial charge is 0.226 e. The Hall–Kier alpha value is 0.0900. The Balaban J connectivity index is 2.40. The fourth-order valence-corrected chi connectivity index (χ4v) is 1.50. The Kier molecular flexibility index (Phi) is 2.65. The molecule has 1 aliphatic rings. The van der Waals surface area contributed by atoms with Crippen LogP contribution in [0.1, 0.15) is 26.2 Å². The van der Waals surface area contributed by atoms with Crippen LogP contribution in [0.2, 0.25) is 0 Å². The van der Waals surface area contributed by atoms with E-state index in [-0.39, 0.29) is 0 Å². The summed E-state index contributed by atoms with van der Waals surface area (Å²) in [6.45, 7) is 2.31. The van der Waals surface area contributed by atoms with Crippen LogP contribution in [-0.4, -0.2) is 0 Å². The number of halogens is 1. The molecule has 0 bridgehead atoms. The van der Waals surface area contributed by atoms with Crippen molar-refractivity contribution < 1.29 is 0 Å². The Bertz CT molecular complexity index is 116. The van der Waals surface area contributed by atoms with Crippen LogP contribution < -0.4 is 0 Å². The molecule has 9 heavy (non-hydrogen) atoms. The van der Waals surface area contributed by atoms with Crippen molar-refractivity contribution in [3.05, 3.63) is 17.0 Å². The van der Waals surface area contributed by atoms with Gasteiger partial charge in [-0.15, -0.1) is 0 Å². The van der Waals surface area contributed by atoms with Gasteiger partial charge in [0.05, 0.1) is 0 Å². The molecule has 0 spiro atoms. The van der Waals surface area contributed by atoms with Crippen molar-refractivity contribution in [1.29, 1.82) is 0 Å². The summed E-state index contributed by atoms with van der Waals surface area (Å²) in [7, 11) is 0. The third-order valence-corrected chi connectivity index (χ3v) is 2.44. The highest BCUT2D eigenvalue weighted by molar-refractivity contribution is 9.10. The molecule has 0 aromatic rings. The summed E-state index contributed by atoms with van der Waals surface area (Å²) in [6.07, 6.45) is 6.20. The lowest BCUT2D eigenvalue weighted by molar-refractivity contribution is 0.518. The predicted octanol–water partition coefficient (Wildman–Crippen LogP) is 3.29. The van der Waals surface area contributed by atoms with Crippen LogP contribution in [0.25, 0.3) is 0 Å². The normalized spacial score (nSPS) is 27.3. The third kappa shape index (κ3) is 2.05. The minimum atomic E-state index is 0.904. The molecule has 0 aromatic carbocycles. The van der Waals surface area contributed by atoms with E-state index in [0.29, 0.717) is 0 Å². The fraction of sp³-hybridized carbons (Fsp3) is 0.625. The van der Waals surface area contributed by atoms with Crippen LogP contribution in [-0.2, 0) is 0 Å². The Morgan fingerprint density at radius 1 is 1.78 bits per heavy atom. The van der Waals surface area contributed by atoms with Crippen LogP contribution in [0, 0.1) is 11.2 Å². The molecular formula is C8H12Br-. The van der Waals surface area contributed by atoms with Crippen LogP contribution in [0.15, 0.2) is 11.6 Å². The van der Waals surface area contributed by atoms with E-state index in [1.807, 2.05) is 5.33 Å². The van der Waals surface area contributed by atoms with E-state index in [9.17, 15) is 0 Å². The molecule has 0 aromatic heterocycles. The summed E-state index contributed by atoms with van der Waals surface area (Å²) in [6, 6.07) is 0. The molecule has 0 aliphatic heterocycles. The monoisotopic (exact) mass is 187 g/mol. The van der Waals surface area contributed by atoms with Gasteiger partial charge in [0.1, 0.15) is 0 Å². The number of rotatable bonds is 1. The molecule has 1 heteroatoms. The predicted molar refractivity (Wildman–Crippen MR) is 44.3 cm³/mol. The zero-order chi connectivity index (χ0) is 6.69. The van der Waals surface area contributed by atoms with E-state index in [2.05, 4.69) is 28.9 Å². The first-order valence-corrected chi connectivity index (χ1v) is 4.37. The van der Waals surface area contributed by atoms with Gasteiger partial charge in [-0.3, -0.25) is 0 Å². The van der Waals surface area contributed by atoms with E-state index >= 15 is 0 Å². The topological polar surface area (TPSA) is 0 Å². The van der Waals surface area contributed by atoms with Gasteiger partial charge in [0.15, 0.2) is 0 Å². The number of hydrogen-bond acceptors (Lipinski definition) is 0. The lowest BCUT2D eigenvalue weighted by Crippen LogP contribution is -1.99. The minimum absolute atomic E-state index is 0.904. The lowest BCUT2D eigenvalue weighted by atomic mass is 9.92. The van der Waals surface area contributed by atoms with Crippen LogP contribution in [0.4, 0.5) is 0 Å². The first-order valence-electron chi connectivity index (χ1n) is 3.45. The molecular weight excluding hydrogens is 176 g/mol. The highest BCUT2D eigenvalue weighted by Crippen LogP contribution is 2.25. The van der Waals surface area contributed by atoms with Crippen LogP contribution in [0.3, 0.4) is 0 Å². The quantitative estimate of drug-likeness (QED) is 0.554. The van der Waals surface area contributed by atoms with Crippen LogP contribution in [0.5, 0.6) is 0 Å². The summed E-state index contributed by atoms with van der Waals surface area (Å²) in [5.41, 5.74) is 1.47. The molecule has 0 saturated heterocycles. The second-order valence-electron chi connectivity index (χ2n) is 2.77. The highest BCUT2D eigenvalue weighted by Gasteiger charge is 2.01. The van der Waals surface area contributed by atoms with E-state index in [1.54, 1.807) is 0 Å². The maximum Gasteiger partial charge on any atom is -0.0506 e. The molecule has 0 fully saturated rings. The van der Waals surface area contributed by atoms with Gasteiger partial charge >= 0.3 is 0 Å². The Morgan fingerprint density at radius 2 is 2.56 bits per heavy atom. The minimum Gasteiger partial charge on any atom is -0.226 e.